The van der Waals surface area contributed by atoms with Gasteiger partial charge in [-0.3, -0.25) is 0 Å². The summed E-state index contributed by atoms with van der Waals surface area (Å²) in [4.78, 5) is 0. The van der Waals surface area contributed by atoms with Gasteiger partial charge < -0.3 is 0 Å². The standard InChI is InChI=1S/C7H15NO2S/c1-7-3-5-8(2)11(9,10)6-4-7/h7H,3-6H2,1-2H3. The lowest BCUT2D eigenvalue weighted by atomic mass is 10.1. The largest absolute Gasteiger partial charge is 0.213 e. The van der Waals surface area contributed by atoms with E-state index in [1.54, 1.807) is 7.05 Å². The summed E-state index contributed by atoms with van der Waals surface area (Å²) >= 11 is 0. The highest BCUT2D eigenvalue weighted by molar-refractivity contribution is 7.89. The van der Waals surface area contributed by atoms with Crippen molar-refractivity contribution in [2.45, 2.75) is 19.8 Å². The van der Waals surface area contributed by atoms with E-state index in [2.05, 4.69) is 6.92 Å². The van der Waals surface area contributed by atoms with Crippen molar-refractivity contribution in [2.75, 3.05) is 19.3 Å². The van der Waals surface area contributed by atoms with Crippen LogP contribution in [0.15, 0.2) is 0 Å². The summed E-state index contributed by atoms with van der Waals surface area (Å²) in [5, 5.41) is 0. The Labute approximate surface area is 68.4 Å². The summed E-state index contributed by atoms with van der Waals surface area (Å²) in [5.41, 5.74) is 0. The second-order valence-electron chi connectivity index (χ2n) is 3.32. The summed E-state index contributed by atoms with van der Waals surface area (Å²) in [6, 6.07) is 0. The van der Waals surface area contributed by atoms with Crippen molar-refractivity contribution in [3.8, 4) is 0 Å². The molecule has 0 N–H and O–H groups in total. The maximum Gasteiger partial charge on any atom is 0.213 e. The Morgan fingerprint density at radius 3 is 2.64 bits per heavy atom. The molecule has 1 atom stereocenters. The van der Waals surface area contributed by atoms with E-state index in [1.807, 2.05) is 0 Å². The molecule has 1 heterocycles. The molecule has 0 spiro atoms. The topological polar surface area (TPSA) is 37.4 Å². The van der Waals surface area contributed by atoms with Crippen molar-refractivity contribution in [3.63, 3.8) is 0 Å². The van der Waals surface area contributed by atoms with Crippen molar-refractivity contribution < 1.29 is 8.42 Å². The third-order valence-corrected chi connectivity index (χ3v) is 4.16. The predicted molar refractivity (Wildman–Crippen MR) is 44.8 cm³/mol. The Bertz CT molecular complexity index is 223. The van der Waals surface area contributed by atoms with E-state index in [1.165, 1.54) is 4.31 Å². The van der Waals surface area contributed by atoms with E-state index in [0.29, 0.717) is 18.2 Å². The Balaban J connectivity index is 2.72. The molecule has 1 saturated heterocycles. The maximum absolute atomic E-state index is 11.3. The van der Waals surface area contributed by atoms with E-state index in [-0.39, 0.29) is 0 Å². The monoisotopic (exact) mass is 177 g/mol. The van der Waals surface area contributed by atoms with Crippen LogP contribution in [0, 0.1) is 5.92 Å². The van der Waals surface area contributed by atoms with E-state index < -0.39 is 10.0 Å². The molecule has 1 fully saturated rings. The Kier molecular flexibility index (Phi) is 2.54. The summed E-state index contributed by atoms with van der Waals surface area (Å²) in [5.74, 6) is 0.875. The lowest BCUT2D eigenvalue weighted by Gasteiger charge is -2.12. The smallest absolute Gasteiger partial charge is 0.212 e. The van der Waals surface area contributed by atoms with E-state index in [4.69, 9.17) is 0 Å². The van der Waals surface area contributed by atoms with Crippen LogP contribution >= 0.6 is 0 Å². The van der Waals surface area contributed by atoms with Gasteiger partial charge in [-0.25, -0.2) is 12.7 Å². The average Bonchev–Trinajstić information content (AvgIpc) is 2.03. The van der Waals surface area contributed by atoms with Gasteiger partial charge in [-0.2, -0.15) is 0 Å². The van der Waals surface area contributed by atoms with Gasteiger partial charge in [0.1, 0.15) is 0 Å². The maximum atomic E-state index is 11.3. The third kappa shape index (κ3) is 2.17. The molecular weight excluding hydrogens is 162 g/mol. The van der Waals surface area contributed by atoms with Gasteiger partial charge in [0.05, 0.1) is 5.75 Å². The Morgan fingerprint density at radius 2 is 2.00 bits per heavy atom. The van der Waals surface area contributed by atoms with Crippen LogP contribution in [0.4, 0.5) is 0 Å². The zero-order valence-electron chi connectivity index (χ0n) is 7.08. The molecular formula is C7H15NO2S. The summed E-state index contributed by atoms with van der Waals surface area (Å²) < 4.78 is 24.0. The molecule has 1 unspecified atom stereocenters. The first-order chi connectivity index (χ1) is 5.02. The normalized spacial score (nSPS) is 33.1. The molecule has 1 aliphatic heterocycles. The molecule has 11 heavy (non-hydrogen) atoms. The molecule has 0 bridgehead atoms. The van der Waals surface area contributed by atoms with Gasteiger partial charge >= 0.3 is 0 Å². The van der Waals surface area contributed by atoms with Gasteiger partial charge in [-0.15, -0.1) is 0 Å². The van der Waals surface area contributed by atoms with Crippen molar-refractivity contribution in [1.82, 2.24) is 4.31 Å². The number of sulfonamides is 1. The molecule has 0 aliphatic carbocycles. The number of rotatable bonds is 0. The highest BCUT2D eigenvalue weighted by Crippen LogP contribution is 2.16. The van der Waals surface area contributed by atoms with Crippen LogP contribution in [0.1, 0.15) is 19.8 Å². The Morgan fingerprint density at radius 1 is 1.36 bits per heavy atom. The van der Waals surface area contributed by atoms with Gasteiger partial charge in [0, 0.05) is 13.6 Å². The first-order valence-corrected chi connectivity index (χ1v) is 5.57. The Hall–Kier alpha value is -0.0900. The minimum absolute atomic E-state index is 0.324. The first kappa shape index (κ1) is 9.00. The van der Waals surface area contributed by atoms with Crippen molar-refractivity contribution in [2.24, 2.45) is 5.92 Å². The van der Waals surface area contributed by atoms with Crippen LogP contribution in [-0.4, -0.2) is 32.1 Å². The van der Waals surface area contributed by atoms with Gasteiger partial charge in [0.15, 0.2) is 0 Å². The van der Waals surface area contributed by atoms with Crippen LogP contribution in [0.2, 0.25) is 0 Å². The van der Waals surface area contributed by atoms with Crippen LogP contribution < -0.4 is 0 Å². The molecule has 1 aliphatic rings. The van der Waals surface area contributed by atoms with Crippen LogP contribution in [-0.2, 0) is 10.0 Å². The summed E-state index contributed by atoms with van der Waals surface area (Å²) in [7, 11) is -1.24. The number of hydrogen-bond acceptors (Lipinski definition) is 2. The fourth-order valence-corrected chi connectivity index (χ4v) is 2.59. The number of nitrogens with zero attached hydrogens (tertiary/aromatic N) is 1. The zero-order chi connectivity index (χ0) is 8.48. The van der Waals surface area contributed by atoms with Gasteiger partial charge in [0.25, 0.3) is 0 Å². The van der Waals surface area contributed by atoms with Crippen molar-refractivity contribution >= 4 is 10.0 Å². The quantitative estimate of drug-likeness (QED) is 0.545. The van der Waals surface area contributed by atoms with Crippen LogP contribution in [0.3, 0.4) is 0 Å². The molecule has 0 aromatic heterocycles. The minimum atomic E-state index is -2.90. The van der Waals surface area contributed by atoms with E-state index in [9.17, 15) is 8.42 Å². The lowest BCUT2D eigenvalue weighted by Crippen LogP contribution is -2.27. The summed E-state index contributed by atoms with van der Waals surface area (Å²) in [6.07, 6.45) is 1.81. The number of hydrogen-bond donors (Lipinski definition) is 0. The SMILES string of the molecule is CC1CCN(C)S(=O)(=O)CC1. The second-order valence-corrected chi connectivity index (χ2v) is 5.52. The van der Waals surface area contributed by atoms with Crippen LogP contribution in [0.25, 0.3) is 0 Å². The lowest BCUT2D eigenvalue weighted by molar-refractivity contribution is 0.439. The molecule has 0 aromatic carbocycles. The molecule has 66 valence electrons. The minimum Gasteiger partial charge on any atom is -0.212 e. The molecule has 0 aromatic rings. The zero-order valence-corrected chi connectivity index (χ0v) is 7.89. The summed E-state index contributed by atoms with van der Waals surface area (Å²) in [6.45, 7) is 2.79. The molecule has 0 radical (unpaired) electrons. The second kappa shape index (κ2) is 3.11. The van der Waals surface area contributed by atoms with Gasteiger partial charge in [-0.05, 0) is 18.8 Å². The first-order valence-electron chi connectivity index (χ1n) is 3.96. The fraction of sp³-hybridized carbons (Fsp3) is 1.00. The van der Waals surface area contributed by atoms with Crippen LogP contribution in [0.5, 0.6) is 0 Å². The molecule has 3 nitrogen and oxygen atoms in total. The highest BCUT2D eigenvalue weighted by atomic mass is 32.2. The average molecular weight is 177 g/mol. The molecule has 4 heteroatoms. The predicted octanol–water partition coefficient (Wildman–Crippen LogP) is 0.678. The van der Waals surface area contributed by atoms with Crippen molar-refractivity contribution in [1.29, 1.82) is 0 Å². The third-order valence-electron chi connectivity index (χ3n) is 2.28. The molecule has 0 saturated carbocycles. The molecule has 1 rings (SSSR count). The van der Waals surface area contributed by atoms with Gasteiger partial charge in [-0.1, -0.05) is 6.92 Å². The van der Waals surface area contributed by atoms with Crippen molar-refractivity contribution in [3.05, 3.63) is 0 Å². The molecule has 0 amide bonds. The van der Waals surface area contributed by atoms with E-state index in [0.717, 1.165) is 12.8 Å². The highest BCUT2D eigenvalue weighted by Gasteiger charge is 2.22. The van der Waals surface area contributed by atoms with E-state index >= 15 is 0 Å². The fourth-order valence-electron chi connectivity index (χ4n) is 1.19. The van der Waals surface area contributed by atoms with Gasteiger partial charge in [0.2, 0.25) is 10.0 Å².